The van der Waals surface area contributed by atoms with Crippen LogP contribution in [-0.2, 0) is 9.47 Å². The number of ether oxygens (including phenoxy) is 3. The second-order valence-electron chi connectivity index (χ2n) is 5.28. The zero-order valence-corrected chi connectivity index (χ0v) is 13.2. The summed E-state index contributed by atoms with van der Waals surface area (Å²) in [5, 5.41) is 19.6. The number of aliphatic hydroxyl groups excluding tert-OH is 2. The lowest BCUT2D eigenvalue weighted by Gasteiger charge is -2.18. The molecule has 0 bridgehead atoms. The minimum atomic E-state index is -0.729. The molecule has 0 saturated heterocycles. The molecule has 1 aromatic carbocycles. The van der Waals surface area contributed by atoms with Crippen LogP contribution in [0.2, 0.25) is 0 Å². The van der Waals surface area contributed by atoms with Crippen LogP contribution < -0.4 is 4.74 Å². The highest BCUT2D eigenvalue weighted by atomic mass is 16.5. The summed E-state index contributed by atoms with van der Waals surface area (Å²) in [5.74, 6) is 0.583. The van der Waals surface area contributed by atoms with Crippen molar-refractivity contribution in [1.82, 2.24) is 0 Å². The van der Waals surface area contributed by atoms with Crippen molar-refractivity contribution in [2.24, 2.45) is 0 Å². The molecule has 5 nitrogen and oxygen atoms in total. The SMILES string of the molecule is COCC(C)OCC(O)COc1ccc(C)cc1C(C)O. The third-order valence-corrected chi connectivity index (χ3v) is 3.02. The second kappa shape index (κ2) is 9.00. The van der Waals surface area contributed by atoms with Crippen molar-refractivity contribution in [3.8, 4) is 5.75 Å². The highest BCUT2D eigenvalue weighted by Crippen LogP contribution is 2.26. The quantitative estimate of drug-likeness (QED) is 0.728. The van der Waals surface area contributed by atoms with Crippen molar-refractivity contribution in [2.75, 3.05) is 26.9 Å². The van der Waals surface area contributed by atoms with Gasteiger partial charge in [0.2, 0.25) is 0 Å². The lowest BCUT2D eigenvalue weighted by molar-refractivity contribution is -0.0424. The molecular weight excluding hydrogens is 272 g/mol. The van der Waals surface area contributed by atoms with Gasteiger partial charge in [0.15, 0.2) is 0 Å². The summed E-state index contributed by atoms with van der Waals surface area (Å²) in [5.41, 5.74) is 1.77. The predicted octanol–water partition coefficient (Wildman–Crippen LogP) is 1.84. The van der Waals surface area contributed by atoms with E-state index in [0.717, 1.165) is 11.1 Å². The summed E-state index contributed by atoms with van der Waals surface area (Å²) >= 11 is 0. The Bertz CT molecular complexity index is 419. The number of aryl methyl sites for hydroxylation is 1. The average molecular weight is 298 g/mol. The molecule has 21 heavy (non-hydrogen) atoms. The van der Waals surface area contributed by atoms with Gasteiger partial charge in [-0.1, -0.05) is 11.6 Å². The van der Waals surface area contributed by atoms with E-state index in [9.17, 15) is 10.2 Å². The Balaban J connectivity index is 2.47. The van der Waals surface area contributed by atoms with Gasteiger partial charge in [0.05, 0.1) is 25.4 Å². The summed E-state index contributed by atoms with van der Waals surface area (Å²) in [7, 11) is 1.61. The van der Waals surface area contributed by atoms with Gasteiger partial charge in [-0.25, -0.2) is 0 Å². The van der Waals surface area contributed by atoms with E-state index in [0.29, 0.717) is 12.4 Å². The average Bonchev–Trinajstić information content (AvgIpc) is 2.44. The van der Waals surface area contributed by atoms with E-state index in [-0.39, 0.29) is 19.3 Å². The fourth-order valence-electron chi connectivity index (χ4n) is 1.92. The number of rotatable bonds is 9. The highest BCUT2D eigenvalue weighted by Gasteiger charge is 2.13. The standard InChI is InChI=1S/C16H26O5/c1-11-5-6-16(15(7-11)13(3)17)21-10-14(18)9-20-12(2)8-19-4/h5-7,12-14,17-18H,8-10H2,1-4H3. The first-order valence-corrected chi connectivity index (χ1v) is 7.14. The largest absolute Gasteiger partial charge is 0.490 e. The molecule has 0 aliphatic carbocycles. The molecule has 0 fully saturated rings. The van der Waals surface area contributed by atoms with Crippen LogP contribution in [0.4, 0.5) is 0 Å². The third kappa shape index (κ3) is 6.44. The molecule has 3 unspecified atom stereocenters. The molecule has 0 saturated carbocycles. The molecule has 5 heteroatoms. The molecule has 120 valence electrons. The molecule has 0 aliphatic rings. The molecule has 0 aromatic heterocycles. The molecule has 1 rings (SSSR count). The zero-order valence-electron chi connectivity index (χ0n) is 13.2. The Labute approximate surface area is 126 Å². The van der Waals surface area contributed by atoms with Crippen molar-refractivity contribution >= 4 is 0 Å². The Morgan fingerprint density at radius 3 is 2.43 bits per heavy atom. The van der Waals surface area contributed by atoms with E-state index >= 15 is 0 Å². The molecule has 0 aliphatic heterocycles. The maximum Gasteiger partial charge on any atom is 0.125 e. The molecular formula is C16H26O5. The van der Waals surface area contributed by atoms with Crippen molar-refractivity contribution in [2.45, 2.75) is 39.1 Å². The van der Waals surface area contributed by atoms with Gasteiger partial charge < -0.3 is 24.4 Å². The van der Waals surface area contributed by atoms with E-state index in [1.54, 1.807) is 20.1 Å². The molecule has 0 radical (unpaired) electrons. The summed E-state index contributed by atoms with van der Waals surface area (Å²) < 4.78 is 16.0. The Kier molecular flexibility index (Phi) is 7.67. The van der Waals surface area contributed by atoms with Gasteiger partial charge in [-0.05, 0) is 32.9 Å². The van der Waals surface area contributed by atoms with Crippen LogP contribution >= 0.6 is 0 Å². The molecule has 3 atom stereocenters. The van der Waals surface area contributed by atoms with E-state index < -0.39 is 12.2 Å². The van der Waals surface area contributed by atoms with Crippen LogP contribution in [0.5, 0.6) is 5.75 Å². The van der Waals surface area contributed by atoms with Gasteiger partial charge in [-0.2, -0.15) is 0 Å². The molecule has 2 N–H and O–H groups in total. The van der Waals surface area contributed by atoms with Gasteiger partial charge in [0, 0.05) is 12.7 Å². The van der Waals surface area contributed by atoms with Crippen molar-refractivity contribution in [3.05, 3.63) is 29.3 Å². The Morgan fingerprint density at radius 1 is 1.10 bits per heavy atom. The third-order valence-electron chi connectivity index (χ3n) is 3.02. The minimum Gasteiger partial charge on any atom is -0.490 e. The van der Waals surface area contributed by atoms with Crippen LogP contribution in [0.3, 0.4) is 0 Å². The van der Waals surface area contributed by atoms with Crippen molar-refractivity contribution < 1.29 is 24.4 Å². The van der Waals surface area contributed by atoms with Gasteiger partial charge in [-0.15, -0.1) is 0 Å². The lowest BCUT2D eigenvalue weighted by atomic mass is 10.1. The number of aliphatic hydroxyl groups is 2. The first-order valence-electron chi connectivity index (χ1n) is 7.14. The molecule has 0 amide bonds. The van der Waals surface area contributed by atoms with Crippen LogP contribution in [-0.4, -0.2) is 49.4 Å². The van der Waals surface area contributed by atoms with Crippen molar-refractivity contribution in [1.29, 1.82) is 0 Å². The van der Waals surface area contributed by atoms with Crippen molar-refractivity contribution in [3.63, 3.8) is 0 Å². The van der Waals surface area contributed by atoms with Crippen LogP contribution in [0.15, 0.2) is 18.2 Å². The van der Waals surface area contributed by atoms with Gasteiger partial charge in [-0.3, -0.25) is 0 Å². The van der Waals surface area contributed by atoms with Gasteiger partial charge in [0.25, 0.3) is 0 Å². The van der Waals surface area contributed by atoms with E-state index in [1.807, 2.05) is 26.0 Å². The number of hydrogen-bond donors (Lipinski definition) is 2. The minimum absolute atomic E-state index is 0.0722. The molecule has 0 heterocycles. The summed E-state index contributed by atoms with van der Waals surface area (Å²) in [4.78, 5) is 0. The molecule has 1 aromatic rings. The topological polar surface area (TPSA) is 68.2 Å². The van der Waals surface area contributed by atoms with E-state index in [1.165, 1.54) is 0 Å². The number of benzene rings is 1. The van der Waals surface area contributed by atoms with E-state index in [2.05, 4.69) is 0 Å². The monoisotopic (exact) mass is 298 g/mol. The summed E-state index contributed by atoms with van der Waals surface area (Å²) in [6, 6.07) is 5.59. The maximum atomic E-state index is 9.86. The summed E-state index contributed by atoms with van der Waals surface area (Å²) in [6.07, 6.45) is -1.42. The Morgan fingerprint density at radius 2 is 1.81 bits per heavy atom. The second-order valence-corrected chi connectivity index (χ2v) is 5.28. The first-order chi connectivity index (χ1) is 9.93. The maximum absolute atomic E-state index is 9.86. The van der Waals surface area contributed by atoms with Crippen LogP contribution in [0.25, 0.3) is 0 Å². The smallest absolute Gasteiger partial charge is 0.125 e. The van der Waals surface area contributed by atoms with Crippen LogP contribution in [0, 0.1) is 6.92 Å². The van der Waals surface area contributed by atoms with E-state index in [4.69, 9.17) is 14.2 Å². The fourth-order valence-corrected chi connectivity index (χ4v) is 1.92. The first kappa shape index (κ1) is 17.9. The number of hydrogen-bond acceptors (Lipinski definition) is 5. The Hall–Kier alpha value is -1.14. The highest BCUT2D eigenvalue weighted by molar-refractivity contribution is 5.38. The zero-order chi connectivity index (χ0) is 15.8. The molecule has 0 spiro atoms. The van der Waals surface area contributed by atoms with Gasteiger partial charge in [0.1, 0.15) is 18.5 Å². The number of methoxy groups -OCH3 is 1. The predicted molar refractivity (Wildman–Crippen MR) is 80.6 cm³/mol. The van der Waals surface area contributed by atoms with Gasteiger partial charge >= 0.3 is 0 Å². The lowest BCUT2D eigenvalue weighted by Crippen LogP contribution is -2.27. The normalized spacial score (nSPS) is 15.5. The fraction of sp³-hybridized carbons (Fsp3) is 0.625. The van der Waals surface area contributed by atoms with Crippen LogP contribution in [0.1, 0.15) is 31.1 Å². The summed E-state index contributed by atoms with van der Waals surface area (Å²) in [6.45, 7) is 6.30.